The first-order chi connectivity index (χ1) is 7.38. The molecule has 16 heavy (non-hydrogen) atoms. The van der Waals surface area contributed by atoms with Gasteiger partial charge in [-0.3, -0.25) is 0 Å². The maximum Gasteiger partial charge on any atom is 0.0699 e. The molecule has 1 aromatic carbocycles. The van der Waals surface area contributed by atoms with E-state index in [9.17, 15) is 5.11 Å². The molecule has 1 rings (SSSR count). The standard InChI is InChI=1S/C14H23NO/c1-14(2,3)10-13(16)12(15)9-11-7-5-4-6-8-11/h4-8,12-13,16H,9-10,15H2,1-3H3. The largest absolute Gasteiger partial charge is 0.391 e. The van der Waals surface area contributed by atoms with E-state index in [1.165, 1.54) is 5.56 Å². The maximum atomic E-state index is 9.99. The molecule has 90 valence electrons. The van der Waals surface area contributed by atoms with Crippen LogP contribution in [0.2, 0.25) is 0 Å². The van der Waals surface area contributed by atoms with Crippen molar-refractivity contribution in [1.82, 2.24) is 0 Å². The van der Waals surface area contributed by atoms with Gasteiger partial charge in [-0.05, 0) is 23.8 Å². The highest BCUT2D eigenvalue weighted by atomic mass is 16.3. The van der Waals surface area contributed by atoms with Gasteiger partial charge in [-0.25, -0.2) is 0 Å². The van der Waals surface area contributed by atoms with Gasteiger partial charge in [0.05, 0.1) is 6.10 Å². The first-order valence-electron chi connectivity index (χ1n) is 5.86. The van der Waals surface area contributed by atoms with Crippen LogP contribution < -0.4 is 5.73 Å². The van der Waals surface area contributed by atoms with Crippen molar-refractivity contribution in [2.75, 3.05) is 0 Å². The number of hydrogen-bond donors (Lipinski definition) is 2. The van der Waals surface area contributed by atoms with Crippen molar-refractivity contribution in [3.63, 3.8) is 0 Å². The van der Waals surface area contributed by atoms with Crippen molar-refractivity contribution in [2.24, 2.45) is 11.1 Å². The number of aliphatic hydroxyl groups excluding tert-OH is 1. The smallest absolute Gasteiger partial charge is 0.0699 e. The van der Waals surface area contributed by atoms with Gasteiger partial charge in [-0.1, -0.05) is 51.1 Å². The van der Waals surface area contributed by atoms with E-state index in [1.807, 2.05) is 30.3 Å². The predicted molar refractivity (Wildman–Crippen MR) is 68.2 cm³/mol. The molecule has 0 bridgehead atoms. The van der Waals surface area contributed by atoms with Gasteiger partial charge < -0.3 is 10.8 Å². The Morgan fingerprint density at radius 2 is 1.75 bits per heavy atom. The molecule has 0 aliphatic carbocycles. The Morgan fingerprint density at radius 3 is 2.25 bits per heavy atom. The zero-order chi connectivity index (χ0) is 12.2. The average Bonchev–Trinajstić information content (AvgIpc) is 2.16. The molecular formula is C14H23NO. The second kappa shape index (κ2) is 5.46. The van der Waals surface area contributed by atoms with Crippen molar-refractivity contribution in [2.45, 2.75) is 45.8 Å². The first kappa shape index (κ1) is 13.2. The zero-order valence-corrected chi connectivity index (χ0v) is 10.5. The summed E-state index contributed by atoms with van der Waals surface area (Å²) in [5, 5.41) is 9.99. The molecule has 0 fully saturated rings. The minimum absolute atomic E-state index is 0.119. The van der Waals surface area contributed by atoms with Gasteiger partial charge in [-0.2, -0.15) is 0 Å². The van der Waals surface area contributed by atoms with Gasteiger partial charge in [0, 0.05) is 6.04 Å². The van der Waals surface area contributed by atoms with Crippen molar-refractivity contribution < 1.29 is 5.11 Å². The highest BCUT2D eigenvalue weighted by Gasteiger charge is 2.22. The summed E-state index contributed by atoms with van der Waals surface area (Å²) in [5.74, 6) is 0. The Bertz CT molecular complexity index is 302. The first-order valence-corrected chi connectivity index (χ1v) is 5.86. The Labute approximate surface area is 98.5 Å². The molecule has 0 aromatic heterocycles. The van der Waals surface area contributed by atoms with Gasteiger partial charge in [0.25, 0.3) is 0 Å². The van der Waals surface area contributed by atoms with Crippen LogP contribution in [0.15, 0.2) is 30.3 Å². The van der Waals surface area contributed by atoms with E-state index in [4.69, 9.17) is 5.73 Å². The minimum atomic E-state index is -0.430. The van der Waals surface area contributed by atoms with Crippen LogP contribution in [0, 0.1) is 5.41 Å². The van der Waals surface area contributed by atoms with E-state index in [2.05, 4.69) is 20.8 Å². The lowest BCUT2D eigenvalue weighted by molar-refractivity contribution is 0.0965. The topological polar surface area (TPSA) is 46.2 Å². The molecule has 3 N–H and O–H groups in total. The zero-order valence-electron chi connectivity index (χ0n) is 10.5. The molecular weight excluding hydrogens is 198 g/mol. The summed E-state index contributed by atoms with van der Waals surface area (Å²) in [5.41, 5.74) is 7.31. The monoisotopic (exact) mass is 221 g/mol. The van der Waals surface area contributed by atoms with Crippen molar-refractivity contribution in [3.8, 4) is 0 Å². The van der Waals surface area contributed by atoms with Crippen LogP contribution >= 0.6 is 0 Å². The minimum Gasteiger partial charge on any atom is -0.391 e. The third kappa shape index (κ3) is 4.77. The van der Waals surface area contributed by atoms with Crippen LogP contribution in [0.3, 0.4) is 0 Å². The Morgan fingerprint density at radius 1 is 1.19 bits per heavy atom. The van der Waals surface area contributed by atoms with E-state index in [1.54, 1.807) is 0 Å². The number of benzene rings is 1. The summed E-state index contributed by atoms with van der Waals surface area (Å²) in [6.45, 7) is 6.35. The van der Waals surface area contributed by atoms with E-state index in [0.29, 0.717) is 0 Å². The number of nitrogens with two attached hydrogens (primary N) is 1. The molecule has 0 heterocycles. The molecule has 0 spiro atoms. The van der Waals surface area contributed by atoms with Gasteiger partial charge in [0.15, 0.2) is 0 Å². The second-order valence-corrected chi connectivity index (χ2v) is 5.69. The lowest BCUT2D eigenvalue weighted by Gasteiger charge is -2.26. The summed E-state index contributed by atoms with van der Waals surface area (Å²) in [6.07, 6.45) is 1.04. The third-order valence-electron chi connectivity index (χ3n) is 2.63. The van der Waals surface area contributed by atoms with Gasteiger partial charge in [0.1, 0.15) is 0 Å². The van der Waals surface area contributed by atoms with Crippen LogP contribution in [0.25, 0.3) is 0 Å². The number of rotatable bonds is 4. The van der Waals surface area contributed by atoms with Crippen molar-refractivity contribution in [1.29, 1.82) is 0 Å². The lowest BCUT2D eigenvalue weighted by Crippen LogP contribution is -2.38. The Hall–Kier alpha value is -0.860. The molecule has 2 heteroatoms. The predicted octanol–water partition coefficient (Wildman–Crippen LogP) is 2.35. The van der Waals surface area contributed by atoms with Crippen LogP contribution in [-0.4, -0.2) is 17.3 Å². The van der Waals surface area contributed by atoms with Crippen LogP contribution in [0.5, 0.6) is 0 Å². The molecule has 2 atom stereocenters. The molecule has 0 aliphatic heterocycles. The highest BCUT2D eigenvalue weighted by Crippen LogP contribution is 2.22. The molecule has 1 aromatic rings. The van der Waals surface area contributed by atoms with Crippen LogP contribution in [0.1, 0.15) is 32.8 Å². The molecule has 0 amide bonds. The van der Waals surface area contributed by atoms with E-state index in [0.717, 1.165) is 12.8 Å². The molecule has 0 aliphatic rings. The van der Waals surface area contributed by atoms with Gasteiger partial charge in [0.2, 0.25) is 0 Å². The highest BCUT2D eigenvalue weighted by molar-refractivity contribution is 5.16. The Balaban J connectivity index is 2.49. The van der Waals surface area contributed by atoms with Gasteiger partial charge >= 0.3 is 0 Å². The summed E-state index contributed by atoms with van der Waals surface area (Å²) < 4.78 is 0. The molecule has 0 radical (unpaired) electrons. The SMILES string of the molecule is CC(C)(C)CC(O)C(N)Cc1ccccc1. The fourth-order valence-electron chi connectivity index (χ4n) is 1.80. The fourth-order valence-corrected chi connectivity index (χ4v) is 1.80. The second-order valence-electron chi connectivity index (χ2n) is 5.69. The van der Waals surface area contributed by atoms with E-state index in [-0.39, 0.29) is 11.5 Å². The fraction of sp³-hybridized carbons (Fsp3) is 0.571. The summed E-state index contributed by atoms with van der Waals surface area (Å²) in [6, 6.07) is 9.89. The molecule has 2 unspecified atom stereocenters. The van der Waals surface area contributed by atoms with Crippen molar-refractivity contribution in [3.05, 3.63) is 35.9 Å². The summed E-state index contributed by atoms with van der Waals surface area (Å²) in [7, 11) is 0. The normalized spacial score (nSPS) is 15.8. The summed E-state index contributed by atoms with van der Waals surface area (Å²) in [4.78, 5) is 0. The van der Waals surface area contributed by atoms with Crippen LogP contribution in [-0.2, 0) is 6.42 Å². The average molecular weight is 221 g/mol. The lowest BCUT2D eigenvalue weighted by atomic mass is 9.86. The van der Waals surface area contributed by atoms with Crippen molar-refractivity contribution >= 4 is 0 Å². The maximum absolute atomic E-state index is 9.99. The third-order valence-corrected chi connectivity index (χ3v) is 2.63. The molecule has 0 saturated heterocycles. The molecule has 0 saturated carbocycles. The van der Waals surface area contributed by atoms with E-state index < -0.39 is 6.10 Å². The van der Waals surface area contributed by atoms with Crippen LogP contribution in [0.4, 0.5) is 0 Å². The van der Waals surface area contributed by atoms with Gasteiger partial charge in [-0.15, -0.1) is 0 Å². The number of aliphatic hydroxyl groups is 1. The Kier molecular flexibility index (Phi) is 4.51. The quantitative estimate of drug-likeness (QED) is 0.820. The molecule has 2 nitrogen and oxygen atoms in total. The number of hydrogen-bond acceptors (Lipinski definition) is 2. The van der Waals surface area contributed by atoms with E-state index >= 15 is 0 Å². The summed E-state index contributed by atoms with van der Waals surface area (Å²) >= 11 is 0.